The Labute approximate surface area is 144 Å². The van der Waals surface area contributed by atoms with Gasteiger partial charge in [-0.2, -0.15) is 0 Å². The van der Waals surface area contributed by atoms with Gasteiger partial charge < -0.3 is 9.47 Å². The van der Waals surface area contributed by atoms with Crippen LogP contribution in [-0.2, 0) is 11.2 Å². The van der Waals surface area contributed by atoms with Crippen molar-refractivity contribution >= 4 is 5.91 Å². The maximum absolute atomic E-state index is 12.1. The molecular weight excluding hydrogens is 296 g/mol. The quantitative estimate of drug-likeness (QED) is 0.774. The maximum atomic E-state index is 12.1. The minimum Gasteiger partial charge on any atom is -0.339 e. The smallest absolute Gasteiger partial charge is 0.246 e. The Kier molecular flexibility index (Phi) is 5.19. The van der Waals surface area contributed by atoms with Crippen molar-refractivity contribution in [3.8, 4) is 5.69 Å². The van der Waals surface area contributed by atoms with Crippen molar-refractivity contribution in [1.82, 2.24) is 9.47 Å². The lowest BCUT2D eigenvalue weighted by molar-refractivity contribution is -0.127. The molecule has 24 heavy (non-hydrogen) atoms. The van der Waals surface area contributed by atoms with Crippen LogP contribution in [0.25, 0.3) is 5.69 Å². The second-order valence-electron chi connectivity index (χ2n) is 6.95. The van der Waals surface area contributed by atoms with E-state index in [1.807, 2.05) is 30.9 Å². The molecule has 3 heteroatoms. The summed E-state index contributed by atoms with van der Waals surface area (Å²) in [5.41, 5.74) is 3.66. The van der Waals surface area contributed by atoms with Crippen LogP contribution in [0.2, 0.25) is 0 Å². The van der Waals surface area contributed by atoms with Crippen LogP contribution in [0.4, 0.5) is 0 Å². The van der Waals surface area contributed by atoms with Gasteiger partial charge in [0.05, 0.1) is 0 Å². The number of hydrogen-bond acceptors (Lipinski definition) is 1. The Morgan fingerprint density at radius 3 is 2.29 bits per heavy atom. The van der Waals surface area contributed by atoms with Crippen molar-refractivity contribution in [3.05, 3.63) is 66.0 Å². The van der Waals surface area contributed by atoms with Crippen LogP contribution in [0, 0.1) is 5.92 Å². The van der Waals surface area contributed by atoms with Crippen LogP contribution in [-0.4, -0.2) is 28.5 Å². The van der Waals surface area contributed by atoms with Crippen molar-refractivity contribution < 1.29 is 4.79 Å². The van der Waals surface area contributed by atoms with E-state index in [0.29, 0.717) is 5.92 Å². The third kappa shape index (κ3) is 4.16. The molecule has 0 bridgehead atoms. The van der Waals surface area contributed by atoms with E-state index in [4.69, 9.17) is 0 Å². The van der Waals surface area contributed by atoms with Gasteiger partial charge in [0, 0.05) is 37.2 Å². The molecule has 0 spiro atoms. The third-order valence-electron chi connectivity index (χ3n) is 4.70. The summed E-state index contributed by atoms with van der Waals surface area (Å²) in [4.78, 5) is 14.1. The van der Waals surface area contributed by atoms with Crippen LogP contribution in [0.3, 0.4) is 0 Å². The fourth-order valence-corrected chi connectivity index (χ4v) is 3.34. The minimum absolute atomic E-state index is 0.171. The first-order chi connectivity index (χ1) is 11.6. The number of benzene rings is 1. The highest BCUT2D eigenvalue weighted by Gasteiger charge is 2.21. The first-order valence-electron chi connectivity index (χ1n) is 8.78. The summed E-state index contributed by atoms with van der Waals surface area (Å²) in [6.45, 7) is 5.72. The molecule has 3 nitrogen and oxygen atoms in total. The fourth-order valence-electron chi connectivity index (χ4n) is 3.34. The molecule has 1 amide bonds. The van der Waals surface area contributed by atoms with Crippen molar-refractivity contribution in [2.75, 3.05) is 13.1 Å². The number of amides is 1. The number of nitrogens with zero attached hydrogens (tertiary/aromatic N) is 2. The Morgan fingerprint density at radius 1 is 1.08 bits per heavy atom. The maximum Gasteiger partial charge on any atom is 0.246 e. The predicted molar refractivity (Wildman–Crippen MR) is 98.2 cm³/mol. The van der Waals surface area contributed by atoms with E-state index in [0.717, 1.165) is 37.9 Å². The molecule has 2 heterocycles. The van der Waals surface area contributed by atoms with E-state index in [2.05, 4.69) is 41.2 Å². The molecular formula is C21H26N2O. The Hall–Kier alpha value is -2.29. The highest BCUT2D eigenvalue weighted by Crippen LogP contribution is 2.22. The summed E-state index contributed by atoms with van der Waals surface area (Å²) in [6, 6.07) is 12.9. The number of carbonyl (C=O) groups excluding carboxylic acids is 1. The highest BCUT2D eigenvalue weighted by molar-refractivity contribution is 5.88. The van der Waals surface area contributed by atoms with Crippen LogP contribution >= 0.6 is 0 Å². The highest BCUT2D eigenvalue weighted by atomic mass is 16.2. The molecule has 1 aliphatic rings. The van der Waals surface area contributed by atoms with Crippen molar-refractivity contribution in [2.24, 2.45) is 5.92 Å². The van der Waals surface area contributed by atoms with Gasteiger partial charge in [0.15, 0.2) is 0 Å². The molecule has 0 atom stereocenters. The predicted octanol–water partition coefficient (Wildman–Crippen LogP) is 4.22. The number of carbonyl (C=O) groups is 1. The van der Waals surface area contributed by atoms with E-state index < -0.39 is 0 Å². The number of aromatic nitrogens is 1. The lowest BCUT2D eigenvalue weighted by Gasteiger charge is -2.31. The average Bonchev–Trinajstić information content (AvgIpc) is 3.10. The van der Waals surface area contributed by atoms with Crippen LogP contribution < -0.4 is 0 Å². The molecule has 1 aromatic heterocycles. The van der Waals surface area contributed by atoms with Crippen LogP contribution in [0.15, 0.2) is 60.4 Å². The lowest BCUT2D eigenvalue weighted by Crippen LogP contribution is -2.38. The first kappa shape index (κ1) is 16.6. The topological polar surface area (TPSA) is 25.2 Å². The third-order valence-corrected chi connectivity index (χ3v) is 4.70. The van der Waals surface area contributed by atoms with Crippen LogP contribution in [0.1, 0.15) is 32.3 Å². The van der Waals surface area contributed by atoms with Gasteiger partial charge in [-0.3, -0.25) is 4.79 Å². The number of hydrogen-bond donors (Lipinski definition) is 0. The molecule has 3 rings (SSSR count). The van der Waals surface area contributed by atoms with Gasteiger partial charge in [-0.05, 0) is 68.9 Å². The van der Waals surface area contributed by atoms with Crippen LogP contribution in [0.5, 0.6) is 0 Å². The summed E-state index contributed by atoms with van der Waals surface area (Å²) < 4.78 is 2.12. The Bertz CT molecular complexity index is 686. The molecule has 126 valence electrons. The van der Waals surface area contributed by atoms with Gasteiger partial charge in [0.2, 0.25) is 5.91 Å². The summed E-state index contributed by atoms with van der Waals surface area (Å²) in [5.74, 6) is 0.850. The number of allylic oxidation sites excluding steroid dienone is 1. The zero-order chi connectivity index (χ0) is 16.9. The van der Waals surface area contributed by atoms with Gasteiger partial charge >= 0.3 is 0 Å². The SMILES string of the molecule is CC(C)=CC(=O)N1CCC(Cc2ccc(-n3cccc3)cc2)CC1. The molecule has 0 radical (unpaired) electrons. The van der Waals surface area contributed by atoms with Crippen molar-refractivity contribution in [3.63, 3.8) is 0 Å². The molecule has 0 N–H and O–H groups in total. The Balaban J connectivity index is 1.53. The summed E-state index contributed by atoms with van der Waals surface area (Å²) in [6.07, 6.45) is 9.18. The molecule has 1 aliphatic heterocycles. The summed E-state index contributed by atoms with van der Waals surface area (Å²) in [5, 5.41) is 0. The average molecular weight is 322 g/mol. The zero-order valence-electron chi connectivity index (χ0n) is 14.6. The molecule has 0 aliphatic carbocycles. The van der Waals surface area contributed by atoms with Crippen molar-refractivity contribution in [2.45, 2.75) is 33.1 Å². The van der Waals surface area contributed by atoms with Gasteiger partial charge in [0.1, 0.15) is 0 Å². The number of likely N-dealkylation sites (tertiary alicyclic amines) is 1. The lowest BCUT2D eigenvalue weighted by atomic mass is 9.90. The molecule has 1 saturated heterocycles. The van der Waals surface area contributed by atoms with E-state index in [-0.39, 0.29) is 5.91 Å². The largest absolute Gasteiger partial charge is 0.339 e. The van der Waals surface area contributed by atoms with Gasteiger partial charge in [0.25, 0.3) is 0 Å². The number of rotatable bonds is 4. The monoisotopic (exact) mass is 322 g/mol. The fraction of sp³-hybridized carbons (Fsp3) is 0.381. The molecule has 0 unspecified atom stereocenters. The van der Waals surface area contributed by atoms with E-state index in [9.17, 15) is 4.79 Å². The standard InChI is InChI=1S/C21H26N2O/c1-17(2)15-21(24)23-13-9-19(10-14-23)16-18-5-7-20(8-6-18)22-11-3-4-12-22/h3-8,11-12,15,19H,9-10,13-14,16H2,1-2H3. The molecule has 2 aromatic rings. The minimum atomic E-state index is 0.171. The van der Waals surface area contributed by atoms with Crippen molar-refractivity contribution in [1.29, 1.82) is 0 Å². The summed E-state index contributed by atoms with van der Waals surface area (Å²) >= 11 is 0. The van der Waals surface area contributed by atoms with E-state index in [1.54, 1.807) is 6.08 Å². The normalized spacial score (nSPS) is 15.3. The second-order valence-corrected chi connectivity index (χ2v) is 6.95. The molecule has 0 saturated carbocycles. The number of piperidine rings is 1. The van der Waals surface area contributed by atoms with E-state index >= 15 is 0 Å². The molecule has 1 fully saturated rings. The van der Waals surface area contributed by atoms with Gasteiger partial charge in [-0.25, -0.2) is 0 Å². The molecule has 1 aromatic carbocycles. The summed E-state index contributed by atoms with van der Waals surface area (Å²) in [7, 11) is 0. The Morgan fingerprint density at radius 2 is 1.71 bits per heavy atom. The first-order valence-corrected chi connectivity index (χ1v) is 8.78. The zero-order valence-corrected chi connectivity index (χ0v) is 14.6. The van der Waals surface area contributed by atoms with Gasteiger partial charge in [-0.15, -0.1) is 0 Å². The van der Waals surface area contributed by atoms with E-state index in [1.165, 1.54) is 11.3 Å². The second kappa shape index (κ2) is 7.52. The van der Waals surface area contributed by atoms with Gasteiger partial charge in [-0.1, -0.05) is 17.7 Å².